The van der Waals surface area contributed by atoms with Crippen molar-refractivity contribution in [3.05, 3.63) is 0 Å². The number of fused-ring (bicyclic) bond motifs is 5. The van der Waals surface area contributed by atoms with Crippen LogP contribution >= 0.6 is 0 Å². The van der Waals surface area contributed by atoms with Gasteiger partial charge in [-0.05, 0) is 91.3 Å². The van der Waals surface area contributed by atoms with Gasteiger partial charge in [-0.15, -0.1) is 0 Å². The maximum atomic E-state index is 13.9. The lowest BCUT2D eigenvalue weighted by Crippen LogP contribution is -2.60. The zero-order valence-corrected chi connectivity index (χ0v) is 18.9. The molecule has 0 unspecified atom stereocenters. The second-order valence-corrected chi connectivity index (χ2v) is 11.8. The highest BCUT2D eigenvalue weighted by atomic mass is 16.1. The molecule has 4 fully saturated rings. The van der Waals surface area contributed by atoms with Crippen molar-refractivity contribution in [1.29, 1.82) is 0 Å². The van der Waals surface area contributed by atoms with Crippen molar-refractivity contribution in [2.24, 2.45) is 58.2 Å². The first-order valence-electron chi connectivity index (χ1n) is 12.3. The van der Waals surface area contributed by atoms with E-state index in [0.717, 1.165) is 24.2 Å². The molecule has 0 aromatic carbocycles. The Morgan fingerprint density at radius 1 is 0.963 bits per heavy atom. The minimum Gasteiger partial charge on any atom is -0.299 e. The lowest BCUT2D eigenvalue weighted by molar-refractivity contribution is -0.170. The molecule has 4 aliphatic rings. The molecule has 4 rings (SSSR count). The van der Waals surface area contributed by atoms with Crippen molar-refractivity contribution in [2.45, 2.75) is 99.3 Å². The third-order valence-corrected chi connectivity index (χ3v) is 10.8. The molecule has 0 amide bonds. The molecule has 154 valence electrons. The molecule has 0 spiro atoms. The van der Waals surface area contributed by atoms with E-state index in [1.54, 1.807) is 0 Å². The molecule has 0 bridgehead atoms. The lowest BCUT2D eigenvalue weighted by Gasteiger charge is -2.62. The normalized spacial score (nSPS) is 53.4. The van der Waals surface area contributed by atoms with Crippen LogP contribution in [0.4, 0.5) is 0 Å². The van der Waals surface area contributed by atoms with Crippen molar-refractivity contribution in [3.63, 3.8) is 0 Å². The van der Waals surface area contributed by atoms with Gasteiger partial charge in [-0.1, -0.05) is 54.4 Å². The second-order valence-electron chi connectivity index (χ2n) is 11.8. The summed E-state index contributed by atoms with van der Waals surface area (Å²) < 4.78 is 0. The van der Waals surface area contributed by atoms with Gasteiger partial charge < -0.3 is 0 Å². The number of hydrogen-bond donors (Lipinski definition) is 0. The molecular formula is C26H44O. The van der Waals surface area contributed by atoms with Crippen LogP contribution in [0.25, 0.3) is 0 Å². The number of carbonyl (C=O) groups excluding carboxylic acids is 1. The van der Waals surface area contributed by atoms with Crippen LogP contribution in [0.2, 0.25) is 0 Å². The van der Waals surface area contributed by atoms with Gasteiger partial charge in [0.25, 0.3) is 0 Å². The Kier molecular flexibility index (Phi) is 5.08. The van der Waals surface area contributed by atoms with Crippen LogP contribution in [0, 0.1) is 58.2 Å². The third kappa shape index (κ3) is 2.72. The Labute approximate surface area is 168 Å². The van der Waals surface area contributed by atoms with Crippen LogP contribution in [0.1, 0.15) is 99.3 Å². The lowest BCUT2D eigenvalue weighted by atomic mass is 9.41. The Hall–Kier alpha value is -0.330. The topological polar surface area (TPSA) is 17.1 Å². The van der Waals surface area contributed by atoms with Crippen molar-refractivity contribution < 1.29 is 4.79 Å². The number of carbonyl (C=O) groups is 1. The third-order valence-electron chi connectivity index (χ3n) is 10.8. The molecule has 0 aliphatic heterocycles. The second kappa shape index (κ2) is 6.88. The highest BCUT2D eigenvalue weighted by Crippen LogP contribution is 2.68. The first-order valence-corrected chi connectivity index (χ1v) is 12.3. The zero-order chi connectivity index (χ0) is 19.6. The van der Waals surface area contributed by atoms with Gasteiger partial charge >= 0.3 is 0 Å². The summed E-state index contributed by atoms with van der Waals surface area (Å²) in [4.78, 5) is 13.9. The fourth-order valence-corrected chi connectivity index (χ4v) is 9.11. The zero-order valence-electron chi connectivity index (χ0n) is 18.9. The molecule has 0 aromatic heterocycles. The quantitative estimate of drug-likeness (QED) is 0.514. The highest BCUT2D eigenvalue weighted by molar-refractivity contribution is 5.86. The molecule has 1 heteroatoms. The Balaban J connectivity index is 1.70. The van der Waals surface area contributed by atoms with Gasteiger partial charge in [0, 0.05) is 11.8 Å². The average molecular weight is 373 g/mol. The van der Waals surface area contributed by atoms with Crippen LogP contribution in [0.3, 0.4) is 0 Å². The van der Waals surface area contributed by atoms with Crippen LogP contribution in [0.5, 0.6) is 0 Å². The molecule has 4 saturated carbocycles. The van der Waals surface area contributed by atoms with Crippen LogP contribution < -0.4 is 0 Å². The fourth-order valence-electron chi connectivity index (χ4n) is 9.11. The molecule has 0 radical (unpaired) electrons. The summed E-state index contributed by atoms with van der Waals surface area (Å²) in [5, 5.41) is 0. The monoisotopic (exact) mass is 372 g/mol. The van der Waals surface area contributed by atoms with Crippen LogP contribution in [-0.2, 0) is 4.79 Å². The number of ketones is 1. The standard InChI is InChI=1S/C26H44O/c1-7-17(4)19-9-10-20-23-21(12-14-25(19,20)5)26(6)13-11-16(3)15-22(26)18(8-2)24(23)27/h16-23H,7-15H2,1-6H3/t16-,17-,18-,19-,20+,21+,22+,23+,25-,26-/m1/s1. The summed E-state index contributed by atoms with van der Waals surface area (Å²) in [6.07, 6.45) is 11.9. The molecule has 0 aromatic rings. The maximum Gasteiger partial charge on any atom is 0.139 e. The van der Waals surface area contributed by atoms with Crippen molar-refractivity contribution in [2.75, 3.05) is 0 Å². The summed E-state index contributed by atoms with van der Waals surface area (Å²) in [5.41, 5.74) is 0.858. The van der Waals surface area contributed by atoms with Crippen LogP contribution in [0.15, 0.2) is 0 Å². The fraction of sp³-hybridized carbons (Fsp3) is 0.962. The van der Waals surface area contributed by atoms with Gasteiger partial charge in [-0.3, -0.25) is 4.79 Å². The Morgan fingerprint density at radius 2 is 1.63 bits per heavy atom. The smallest absolute Gasteiger partial charge is 0.139 e. The Bertz CT molecular complexity index is 581. The highest BCUT2D eigenvalue weighted by Gasteiger charge is 2.64. The van der Waals surface area contributed by atoms with E-state index in [1.165, 1.54) is 51.4 Å². The molecule has 1 nitrogen and oxygen atoms in total. The van der Waals surface area contributed by atoms with E-state index in [1.807, 2.05) is 0 Å². The average Bonchev–Trinajstić information content (AvgIpc) is 3.00. The van der Waals surface area contributed by atoms with E-state index < -0.39 is 0 Å². The minimum atomic E-state index is 0.351. The number of hydrogen-bond acceptors (Lipinski definition) is 1. The summed E-state index contributed by atoms with van der Waals surface area (Å²) >= 11 is 0. The predicted octanol–water partition coefficient (Wildman–Crippen LogP) is 7.14. The van der Waals surface area contributed by atoms with Crippen molar-refractivity contribution in [3.8, 4) is 0 Å². The van der Waals surface area contributed by atoms with E-state index >= 15 is 0 Å². The Morgan fingerprint density at radius 3 is 2.30 bits per heavy atom. The van der Waals surface area contributed by atoms with E-state index in [2.05, 4.69) is 41.5 Å². The molecule has 0 heterocycles. The molecular weight excluding hydrogens is 328 g/mol. The van der Waals surface area contributed by atoms with E-state index in [4.69, 9.17) is 0 Å². The summed E-state index contributed by atoms with van der Waals surface area (Å²) in [6, 6.07) is 0. The predicted molar refractivity (Wildman–Crippen MR) is 113 cm³/mol. The van der Waals surface area contributed by atoms with Crippen LogP contribution in [-0.4, -0.2) is 5.78 Å². The molecule has 0 N–H and O–H groups in total. The molecule has 10 atom stereocenters. The number of rotatable bonds is 3. The summed E-state index contributed by atoms with van der Waals surface area (Å²) in [7, 11) is 0. The summed E-state index contributed by atoms with van der Waals surface area (Å²) in [5.74, 6) is 5.94. The van der Waals surface area contributed by atoms with Gasteiger partial charge in [-0.2, -0.15) is 0 Å². The van der Waals surface area contributed by atoms with Crippen molar-refractivity contribution in [1.82, 2.24) is 0 Å². The molecule has 4 aliphatic carbocycles. The maximum absolute atomic E-state index is 13.9. The van der Waals surface area contributed by atoms with Gasteiger partial charge in [-0.25, -0.2) is 0 Å². The largest absolute Gasteiger partial charge is 0.299 e. The van der Waals surface area contributed by atoms with Gasteiger partial charge in [0.15, 0.2) is 0 Å². The first-order chi connectivity index (χ1) is 12.8. The first kappa shape index (κ1) is 20.0. The van der Waals surface area contributed by atoms with Gasteiger partial charge in [0.1, 0.15) is 5.78 Å². The molecule has 27 heavy (non-hydrogen) atoms. The van der Waals surface area contributed by atoms with Gasteiger partial charge in [0.05, 0.1) is 0 Å². The minimum absolute atomic E-state index is 0.351. The van der Waals surface area contributed by atoms with E-state index in [-0.39, 0.29) is 0 Å². The van der Waals surface area contributed by atoms with E-state index in [9.17, 15) is 4.79 Å². The van der Waals surface area contributed by atoms with Crippen molar-refractivity contribution >= 4 is 5.78 Å². The van der Waals surface area contributed by atoms with E-state index in [0.29, 0.717) is 46.2 Å². The summed E-state index contributed by atoms with van der Waals surface area (Å²) in [6.45, 7) is 14.8. The number of Topliss-reactive ketones (excluding diaryl/α,β-unsaturated/α-hetero) is 1. The molecule has 0 saturated heterocycles. The van der Waals surface area contributed by atoms with Gasteiger partial charge in [0.2, 0.25) is 0 Å². The SMILES string of the molecule is CC[C@@H](C)[C@H]1CC[C@H]2[C@@H]3C(=O)[C@H](CC)[C@@H]4C[C@H](C)CC[C@]4(C)[C@H]3CC[C@]12C.